The molecule has 1 atom stereocenters. The Morgan fingerprint density at radius 3 is 3.11 bits per heavy atom. The van der Waals surface area contributed by atoms with Crippen LogP contribution in [0, 0.1) is 6.92 Å². The predicted octanol–water partition coefficient (Wildman–Crippen LogP) is 3.37. The first-order valence-electron chi connectivity index (χ1n) is 6.20. The van der Waals surface area contributed by atoms with Crippen LogP contribution in [0.5, 0.6) is 5.75 Å². The van der Waals surface area contributed by atoms with E-state index in [1.807, 2.05) is 31.2 Å². The summed E-state index contributed by atoms with van der Waals surface area (Å²) in [5.74, 6) is 1.60. The maximum absolute atomic E-state index is 6.16. The highest BCUT2D eigenvalue weighted by molar-refractivity contribution is 6.32. The summed E-state index contributed by atoms with van der Waals surface area (Å²) in [5, 5.41) is 4.07. The summed E-state index contributed by atoms with van der Waals surface area (Å²) < 4.78 is 5.64. The minimum Gasteiger partial charge on any atom is -0.492 e. The van der Waals surface area contributed by atoms with Crippen LogP contribution in [0.4, 0.5) is 5.82 Å². The lowest BCUT2D eigenvalue weighted by Crippen LogP contribution is -2.21. The van der Waals surface area contributed by atoms with Crippen LogP contribution in [0.2, 0.25) is 5.02 Å². The number of halogens is 1. The van der Waals surface area contributed by atoms with Gasteiger partial charge in [-0.3, -0.25) is 0 Å². The van der Waals surface area contributed by atoms with Crippen molar-refractivity contribution in [3.05, 3.63) is 46.9 Å². The third-order valence-corrected chi connectivity index (χ3v) is 3.45. The van der Waals surface area contributed by atoms with Crippen molar-refractivity contribution in [2.24, 2.45) is 0 Å². The number of aryl methyl sites for hydroxylation is 1. The fourth-order valence-electron chi connectivity index (χ4n) is 2.25. The molecule has 19 heavy (non-hydrogen) atoms. The zero-order valence-electron chi connectivity index (χ0n) is 10.6. The molecule has 0 spiro atoms. The highest BCUT2D eigenvalue weighted by Gasteiger charge is 2.23. The van der Waals surface area contributed by atoms with E-state index in [1.54, 1.807) is 6.33 Å². The van der Waals surface area contributed by atoms with Gasteiger partial charge in [0, 0.05) is 23.7 Å². The van der Waals surface area contributed by atoms with Gasteiger partial charge in [0.1, 0.15) is 17.9 Å². The van der Waals surface area contributed by atoms with E-state index in [-0.39, 0.29) is 6.04 Å². The molecule has 98 valence electrons. The van der Waals surface area contributed by atoms with Crippen LogP contribution in [0.1, 0.15) is 23.7 Å². The van der Waals surface area contributed by atoms with Crippen LogP contribution in [0.25, 0.3) is 0 Å². The maximum atomic E-state index is 6.16. The number of nitrogens with zero attached hydrogens (tertiary/aromatic N) is 2. The number of hydrogen-bond donors (Lipinski definition) is 1. The second-order valence-corrected chi connectivity index (χ2v) is 4.94. The Bertz CT molecular complexity index is 603. The van der Waals surface area contributed by atoms with Gasteiger partial charge in [0.05, 0.1) is 17.7 Å². The molecule has 1 aromatic heterocycles. The average Bonchev–Trinajstić information content (AvgIpc) is 2.40. The molecule has 5 heteroatoms. The van der Waals surface area contributed by atoms with Gasteiger partial charge in [0.2, 0.25) is 0 Å². The predicted molar refractivity (Wildman–Crippen MR) is 74.7 cm³/mol. The van der Waals surface area contributed by atoms with Crippen molar-refractivity contribution in [3.63, 3.8) is 0 Å². The molecule has 0 fully saturated rings. The lowest BCUT2D eigenvalue weighted by atomic mass is 10.0. The third-order valence-electron chi connectivity index (χ3n) is 3.15. The smallest absolute Gasteiger partial charge is 0.143 e. The molecule has 2 heterocycles. The molecule has 4 nitrogen and oxygen atoms in total. The molecule has 0 radical (unpaired) electrons. The lowest BCUT2D eigenvalue weighted by molar-refractivity contribution is 0.274. The molecule has 1 aliphatic rings. The van der Waals surface area contributed by atoms with Crippen LogP contribution in [0.15, 0.2) is 30.6 Å². The molecule has 0 saturated heterocycles. The van der Waals surface area contributed by atoms with Crippen molar-refractivity contribution < 1.29 is 4.74 Å². The van der Waals surface area contributed by atoms with Crippen LogP contribution < -0.4 is 10.1 Å². The molecule has 1 aliphatic heterocycles. The molecule has 0 amide bonds. The van der Waals surface area contributed by atoms with E-state index >= 15 is 0 Å². The number of hydrogen-bond acceptors (Lipinski definition) is 4. The van der Waals surface area contributed by atoms with Crippen LogP contribution in [0.3, 0.4) is 0 Å². The minimum atomic E-state index is 0.164. The summed E-state index contributed by atoms with van der Waals surface area (Å²) in [6.07, 6.45) is 2.45. The minimum absolute atomic E-state index is 0.164. The number of aromatic nitrogens is 2. The fraction of sp³-hybridized carbons (Fsp3) is 0.286. The van der Waals surface area contributed by atoms with Crippen molar-refractivity contribution >= 4 is 17.4 Å². The van der Waals surface area contributed by atoms with Crippen LogP contribution in [-0.2, 0) is 0 Å². The topological polar surface area (TPSA) is 47.0 Å². The zero-order chi connectivity index (χ0) is 13.2. The summed E-state index contributed by atoms with van der Waals surface area (Å²) in [6, 6.07) is 7.91. The number of para-hydroxylation sites is 1. The summed E-state index contributed by atoms with van der Waals surface area (Å²) in [5.41, 5.74) is 2.02. The van der Waals surface area contributed by atoms with Gasteiger partial charge >= 0.3 is 0 Å². The SMILES string of the molecule is Cc1cc(NC2CCOc3c(Cl)cccc32)ncn1. The Morgan fingerprint density at radius 1 is 1.37 bits per heavy atom. The molecule has 1 unspecified atom stereocenters. The number of nitrogens with one attached hydrogen (secondary N) is 1. The summed E-state index contributed by atoms with van der Waals surface area (Å²) in [6.45, 7) is 2.60. The van der Waals surface area contributed by atoms with E-state index in [0.717, 1.165) is 29.2 Å². The van der Waals surface area contributed by atoms with Gasteiger partial charge in [0.25, 0.3) is 0 Å². The first-order chi connectivity index (χ1) is 9.24. The maximum Gasteiger partial charge on any atom is 0.143 e. The van der Waals surface area contributed by atoms with Gasteiger partial charge in [-0.15, -0.1) is 0 Å². The summed E-state index contributed by atoms with van der Waals surface area (Å²) in [4.78, 5) is 8.33. The molecule has 1 N–H and O–H groups in total. The van der Waals surface area contributed by atoms with E-state index in [4.69, 9.17) is 16.3 Å². The first kappa shape index (κ1) is 12.2. The van der Waals surface area contributed by atoms with Crippen molar-refractivity contribution in [1.82, 2.24) is 9.97 Å². The van der Waals surface area contributed by atoms with Crippen molar-refractivity contribution in [3.8, 4) is 5.75 Å². The Labute approximate surface area is 116 Å². The number of ether oxygens (including phenoxy) is 1. The molecular weight excluding hydrogens is 262 g/mol. The van der Waals surface area contributed by atoms with Crippen LogP contribution in [-0.4, -0.2) is 16.6 Å². The zero-order valence-corrected chi connectivity index (χ0v) is 11.3. The fourth-order valence-corrected chi connectivity index (χ4v) is 2.48. The molecule has 2 aromatic rings. The largest absolute Gasteiger partial charge is 0.492 e. The van der Waals surface area contributed by atoms with Crippen molar-refractivity contribution in [2.45, 2.75) is 19.4 Å². The first-order valence-corrected chi connectivity index (χ1v) is 6.58. The summed E-state index contributed by atoms with van der Waals surface area (Å²) in [7, 11) is 0. The third kappa shape index (κ3) is 2.49. The molecule has 0 aliphatic carbocycles. The number of benzene rings is 1. The second-order valence-electron chi connectivity index (χ2n) is 4.54. The monoisotopic (exact) mass is 275 g/mol. The van der Waals surface area contributed by atoms with Gasteiger partial charge in [-0.1, -0.05) is 23.7 Å². The Balaban J connectivity index is 1.90. The molecule has 0 bridgehead atoms. The Morgan fingerprint density at radius 2 is 2.26 bits per heavy atom. The van der Waals surface area contributed by atoms with Gasteiger partial charge in [-0.25, -0.2) is 9.97 Å². The van der Waals surface area contributed by atoms with Gasteiger partial charge in [0.15, 0.2) is 0 Å². The van der Waals surface area contributed by atoms with Gasteiger partial charge < -0.3 is 10.1 Å². The highest BCUT2D eigenvalue weighted by atomic mass is 35.5. The molecular formula is C14H14ClN3O. The molecule has 1 aromatic carbocycles. The quantitative estimate of drug-likeness (QED) is 0.913. The second kappa shape index (κ2) is 5.05. The number of anilines is 1. The summed E-state index contributed by atoms with van der Waals surface area (Å²) >= 11 is 6.16. The van der Waals surface area contributed by atoms with Crippen molar-refractivity contribution in [1.29, 1.82) is 0 Å². The number of fused-ring (bicyclic) bond motifs is 1. The van der Waals surface area contributed by atoms with Crippen molar-refractivity contribution in [2.75, 3.05) is 11.9 Å². The van der Waals surface area contributed by atoms with E-state index in [0.29, 0.717) is 11.6 Å². The van der Waals surface area contributed by atoms with Gasteiger partial charge in [-0.05, 0) is 13.0 Å². The Hall–Kier alpha value is -1.81. The molecule has 0 saturated carbocycles. The number of rotatable bonds is 2. The van der Waals surface area contributed by atoms with E-state index < -0.39 is 0 Å². The van der Waals surface area contributed by atoms with Crippen LogP contribution >= 0.6 is 11.6 Å². The highest BCUT2D eigenvalue weighted by Crippen LogP contribution is 2.38. The molecule has 3 rings (SSSR count). The van der Waals surface area contributed by atoms with E-state index in [9.17, 15) is 0 Å². The average molecular weight is 276 g/mol. The van der Waals surface area contributed by atoms with Gasteiger partial charge in [-0.2, -0.15) is 0 Å². The normalized spacial score (nSPS) is 17.5. The lowest BCUT2D eigenvalue weighted by Gasteiger charge is -2.27. The van der Waals surface area contributed by atoms with E-state index in [1.165, 1.54) is 0 Å². The Kier molecular flexibility index (Phi) is 3.25. The van der Waals surface area contributed by atoms with E-state index in [2.05, 4.69) is 15.3 Å². The standard InChI is InChI=1S/C14H14ClN3O/c1-9-7-13(17-8-16-9)18-12-5-6-19-14-10(12)3-2-4-11(14)15/h2-4,7-8,12H,5-6H2,1H3,(H,16,17,18).